The fourth-order valence-electron chi connectivity index (χ4n) is 3.07. The van der Waals surface area contributed by atoms with Gasteiger partial charge in [0.2, 0.25) is 5.91 Å². The largest absolute Gasteiger partial charge is 0.478 e. The molecule has 0 aromatic heterocycles. The summed E-state index contributed by atoms with van der Waals surface area (Å²) in [5, 5.41) is 9.24. The van der Waals surface area contributed by atoms with E-state index >= 15 is 0 Å². The lowest BCUT2D eigenvalue weighted by molar-refractivity contribution is -0.131. The van der Waals surface area contributed by atoms with E-state index in [0.717, 1.165) is 5.56 Å². The molecule has 2 aromatic carbocycles. The van der Waals surface area contributed by atoms with Gasteiger partial charge in [0.25, 0.3) is 5.91 Å². The number of rotatable bonds is 4. The molecule has 1 saturated heterocycles. The summed E-state index contributed by atoms with van der Waals surface area (Å²) >= 11 is 0. The molecule has 1 heterocycles. The fraction of sp³-hybridized carbons (Fsp3) is 0.250. The van der Waals surface area contributed by atoms with Gasteiger partial charge in [-0.25, -0.2) is 4.79 Å². The van der Waals surface area contributed by atoms with Crippen LogP contribution in [0.4, 0.5) is 0 Å². The van der Waals surface area contributed by atoms with Crippen LogP contribution in [0.5, 0.6) is 0 Å². The van der Waals surface area contributed by atoms with E-state index < -0.39 is 5.97 Å². The van der Waals surface area contributed by atoms with Crippen LogP contribution in [0.2, 0.25) is 0 Å². The molecule has 0 atom stereocenters. The van der Waals surface area contributed by atoms with Crippen LogP contribution in [0.15, 0.2) is 54.6 Å². The van der Waals surface area contributed by atoms with Gasteiger partial charge in [-0.2, -0.15) is 0 Å². The Morgan fingerprint density at radius 1 is 0.769 bits per heavy atom. The second-order valence-corrected chi connectivity index (χ2v) is 6.19. The predicted molar refractivity (Wildman–Crippen MR) is 96.0 cm³/mol. The van der Waals surface area contributed by atoms with Crippen molar-refractivity contribution in [3.8, 4) is 0 Å². The van der Waals surface area contributed by atoms with Crippen molar-refractivity contribution in [3.05, 3.63) is 71.3 Å². The third-order valence-electron chi connectivity index (χ3n) is 4.51. The molecule has 1 fully saturated rings. The second-order valence-electron chi connectivity index (χ2n) is 6.19. The maximum Gasteiger partial charge on any atom is 0.336 e. The zero-order valence-electron chi connectivity index (χ0n) is 14.3. The number of benzene rings is 2. The molecule has 0 spiro atoms. The number of carbonyl (C=O) groups is 3. The Morgan fingerprint density at radius 2 is 1.31 bits per heavy atom. The normalized spacial score (nSPS) is 14.2. The maximum absolute atomic E-state index is 12.7. The molecule has 6 heteroatoms. The number of carboxylic acid groups (broad SMARTS) is 1. The minimum absolute atomic E-state index is 0.0000774. The Labute approximate surface area is 151 Å². The van der Waals surface area contributed by atoms with Gasteiger partial charge >= 0.3 is 5.97 Å². The van der Waals surface area contributed by atoms with Gasteiger partial charge in [-0.05, 0) is 17.7 Å². The molecule has 26 heavy (non-hydrogen) atoms. The minimum atomic E-state index is -1.12. The monoisotopic (exact) mass is 352 g/mol. The van der Waals surface area contributed by atoms with Crippen molar-refractivity contribution in [3.63, 3.8) is 0 Å². The van der Waals surface area contributed by atoms with Crippen LogP contribution in [0.3, 0.4) is 0 Å². The van der Waals surface area contributed by atoms with Crippen molar-refractivity contribution in [2.45, 2.75) is 6.42 Å². The van der Waals surface area contributed by atoms with Crippen molar-refractivity contribution in [1.29, 1.82) is 0 Å². The van der Waals surface area contributed by atoms with Crippen LogP contribution in [-0.4, -0.2) is 58.9 Å². The van der Waals surface area contributed by atoms with E-state index in [0.29, 0.717) is 32.6 Å². The van der Waals surface area contributed by atoms with Crippen molar-refractivity contribution in [2.24, 2.45) is 0 Å². The lowest BCUT2D eigenvalue weighted by Crippen LogP contribution is -2.51. The van der Waals surface area contributed by atoms with Crippen molar-refractivity contribution in [2.75, 3.05) is 26.2 Å². The summed E-state index contributed by atoms with van der Waals surface area (Å²) in [5.74, 6) is -1.39. The van der Waals surface area contributed by atoms with Gasteiger partial charge in [0.15, 0.2) is 0 Å². The van der Waals surface area contributed by atoms with Crippen LogP contribution in [0.25, 0.3) is 0 Å². The van der Waals surface area contributed by atoms with E-state index in [2.05, 4.69) is 0 Å². The summed E-state index contributed by atoms with van der Waals surface area (Å²) in [7, 11) is 0. The molecule has 134 valence electrons. The van der Waals surface area contributed by atoms with E-state index in [1.807, 2.05) is 30.3 Å². The Kier molecular flexibility index (Phi) is 5.31. The Balaban J connectivity index is 1.61. The molecule has 2 aromatic rings. The molecule has 0 radical (unpaired) electrons. The minimum Gasteiger partial charge on any atom is -0.478 e. The standard InChI is InChI=1S/C20H20N2O4/c23-18(14-15-6-2-1-3-7-15)21-10-12-22(13-11-21)19(24)16-8-4-5-9-17(16)20(25)26/h1-9H,10-14H2,(H,25,26). The average molecular weight is 352 g/mol. The maximum atomic E-state index is 12.7. The zero-order valence-corrected chi connectivity index (χ0v) is 14.3. The topological polar surface area (TPSA) is 77.9 Å². The first-order chi connectivity index (χ1) is 12.6. The summed E-state index contributed by atoms with van der Waals surface area (Å²) in [6.45, 7) is 1.69. The van der Waals surface area contributed by atoms with E-state index in [1.54, 1.807) is 21.9 Å². The number of hydrogen-bond donors (Lipinski definition) is 1. The first-order valence-electron chi connectivity index (χ1n) is 8.49. The van der Waals surface area contributed by atoms with Gasteiger partial charge in [-0.3, -0.25) is 9.59 Å². The molecule has 3 rings (SSSR count). The average Bonchev–Trinajstić information content (AvgIpc) is 2.68. The van der Waals surface area contributed by atoms with Crippen molar-refractivity contribution in [1.82, 2.24) is 9.80 Å². The molecule has 1 aliphatic heterocycles. The number of nitrogens with zero attached hydrogens (tertiary/aromatic N) is 2. The highest BCUT2D eigenvalue weighted by Gasteiger charge is 2.27. The third kappa shape index (κ3) is 3.91. The molecule has 1 N–H and O–H groups in total. The van der Waals surface area contributed by atoms with Gasteiger partial charge in [0.05, 0.1) is 17.5 Å². The lowest BCUT2D eigenvalue weighted by atomic mass is 10.1. The molecule has 2 amide bonds. The van der Waals surface area contributed by atoms with Gasteiger partial charge in [-0.15, -0.1) is 0 Å². The molecule has 6 nitrogen and oxygen atoms in total. The fourth-order valence-corrected chi connectivity index (χ4v) is 3.07. The summed E-state index contributed by atoms with van der Waals surface area (Å²) in [5.41, 5.74) is 1.15. The van der Waals surface area contributed by atoms with Crippen LogP contribution >= 0.6 is 0 Å². The third-order valence-corrected chi connectivity index (χ3v) is 4.51. The Morgan fingerprint density at radius 3 is 1.92 bits per heavy atom. The summed E-state index contributed by atoms with van der Waals surface area (Å²) in [6.07, 6.45) is 0.344. The van der Waals surface area contributed by atoms with E-state index in [1.165, 1.54) is 12.1 Å². The number of carbonyl (C=O) groups excluding carboxylic acids is 2. The molecular formula is C20H20N2O4. The van der Waals surface area contributed by atoms with Crippen LogP contribution in [-0.2, 0) is 11.2 Å². The summed E-state index contributed by atoms with van der Waals surface area (Å²) in [6, 6.07) is 15.8. The van der Waals surface area contributed by atoms with Gasteiger partial charge < -0.3 is 14.9 Å². The number of piperazine rings is 1. The quantitative estimate of drug-likeness (QED) is 0.912. The van der Waals surface area contributed by atoms with Gasteiger partial charge in [-0.1, -0.05) is 42.5 Å². The van der Waals surface area contributed by atoms with E-state index in [4.69, 9.17) is 0 Å². The van der Waals surface area contributed by atoms with Crippen LogP contribution in [0.1, 0.15) is 26.3 Å². The van der Waals surface area contributed by atoms with Crippen LogP contribution < -0.4 is 0 Å². The number of amides is 2. The highest BCUT2D eigenvalue weighted by molar-refractivity contribution is 6.04. The van der Waals surface area contributed by atoms with Crippen LogP contribution in [0, 0.1) is 0 Å². The Bertz CT molecular complexity index is 812. The van der Waals surface area contributed by atoms with Gasteiger partial charge in [0.1, 0.15) is 0 Å². The molecular weight excluding hydrogens is 332 g/mol. The number of hydrogen-bond acceptors (Lipinski definition) is 3. The lowest BCUT2D eigenvalue weighted by Gasteiger charge is -2.35. The van der Waals surface area contributed by atoms with Gasteiger partial charge in [0, 0.05) is 26.2 Å². The predicted octanol–water partition coefficient (Wildman–Crippen LogP) is 1.91. The first kappa shape index (κ1) is 17.7. The number of carboxylic acids is 1. The zero-order chi connectivity index (χ0) is 18.5. The Hall–Kier alpha value is -3.15. The van der Waals surface area contributed by atoms with Crippen molar-refractivity contribution < 1.29 is 19.5 Å². The summed E-state index contributed by atoms with van der Waals surface area (Å²) < 4.78 is 0. The first-order valence-corrected chi connectivity index (χ1v) is 8.49. The molecule has 0 aliphatic carbocycles. The highest BCUT2D eigenvalue weighted by atomic mass is 16.4. The molecule has 0 bridgehead atoms. The highest BCUT2D eigenvalue weighted by Crippen LogP contribution is 2.14. The van der Waals surface area contributed by atoms with Crippen molar-refractivity contribution >= 4 is 17.8 Å². The van der Waals surface area contributed by atoms with E-state index in [9.17, 15) is 19.5 Å². The molecule has 1 aliphatic rings. The van der Waals surface area contributed by atoms with E-state index in [-0.39, 0.29) is 22.9 Å². The smallest absolute Gasteiger partial charge is 0.336 e. The molecule has 0 unspecified atom stereocenters. The number of aromatic carboxylic acids is 1. The second kappa shape index (κ2) is 7.82. The SMILES string of the molecule is O=C(O)c1ccccc1C(=O)N1CCN(C(=O)Cc2ccccc2)CC1. The summed E-state index contributed by atoms with van der Waals surface area (Å²) in [4.78, 5) is 39.7. The molecule has 0 saturated carbocycles.